The van der Waals surface area contributed by atoms with Gasteiger partial charge in [0.15, 0.2) is 0 Å². The van der Waals surface area contributed by atoms with E-state index in [4.69, 9.17) is 16.9 Å². The van der Waals surface area contributed by atoms with Crippen LogP contribution in [0.4, 0.5) is 0 Å². The average molecular weight is 235 g/mol. The molecule has 0 N–H and O–H groups in total. The molecule has 84 valence electrons. The van der Waals surface area contributed by atoms with Crippen molar-refractivity contribution in [2.24, 2.45) is 0 Å². The largest absolute Gasteiger partial charge is 0.295 e. The molecule has 3 heteroatoms. The zero-order chi connectivity index (χ0) is 11.4. The molecule has 0 heterocycles. The summed E-state index contributed by atoms with van der Waals surface area (Å²) in [5, 5.41) is 9.42. The second-order valence-electron chi connectivity index (χ2n) is 4.24. The Morgan fingerprint density at radius 2 is 2.25 bits per heavy atom. The van der Waals surface area contributed by atoms with Gasteiger partial charge in [0.2, 0.25) is 0 Å². The lowest BCUT2D eigenvalue weighted by Gasteiger charge is -2.20. The van der Waals surface area contributed by atoms with Gasteiger partial charge in [0.1, 0.15) is 0 Å². The molecule has 1 aliphatic rings. The Kier molecular flexibility index (Phi) is 3.82. The molecular formula is C13H15ClN2. The third-order valence-electron chi connectivity index (χ3n) is 2.85. The Balaban J connectivity index is 1.97. The normalized spacial score (nSPS) is 15.1. The van der Waals surface area contributed by atoms with Gasteiger partial charge in [-0.3, -0.25) is 4.90 Å². The lowest BCUT2D eigenvalue weighted by Crippen LogP contribution is -2.26. The van der Waals surface area contributed by atoms with E-state index in [1.54, 1.807) is 0 Å². The number of hydrogen-bond acceptors (Lipinski definition) is 2. The first-order valence-electron chi connectivity index (χ1n) is 5.65. The molecule has 0 aliphatic heterocycles. The van der Waals surface area contributed by atoms with Gasteiger partial charge in [-0.15, -0.1) is 0 Å². The Bertz CT molecular complexity index is 393. The van der Waals surface area contributed by atoms with Crippen molar-refractivity contribution < 1.29 is 0 Å². The zero-order valence-electron chi connectivity index (χ0n) is 9.19. The van der Waals surface area contributed by atoms with Crippen LogP contribution in [0.1, 0.15) is 24.8 Å². The van der Waals surface area contributed by atoms with E-state index in [0.717, 1.165) is 18.1 Å². The lowest BCUT2D eigenvalue weighted by atomic mass is 10.2. The van der Waals surface area contributed by atoms with Gasteiger partial charge in [-0.25, -0.2) is 0 Å². The predicted molar refractivity (Wildman–Crippen MR) is 65.1 cm³/mol. The highest BCUT2D eigenvalue weighted by Crippen LogP contribution is 2.28. The van der Waals surface area contributed by atoms with E-state index in [1.165, 1.54) is 18.4 Å². The van der Waals surface area contributed by atoms with Crippen LogP contribution in [-0.2, 0) is 6.54 Å². The van der Waals surface area contributed by atoms with Gasteiger partial charge < -0.3 is 0 Å². The van der Waals surface area contributed by atoms with Crippen molar-refractivity contribution >= 4 is 11.6 Å². The molecule has 1 aromatic rings. The molecule has 2 rings (SSSR count). The Morgan fingerprint density at radius 1 is 1.44 bits per heavy atom. The summed E-state index contributed by atoms with van der Waals surface area (Å²) in [7, 11) is 0. The number of halogens is 1. The van der Waals surface area contributed by atoms with E-state index in [9.17, 15) is 0 Å². The van der Waals surface area contributed by atoms with Crippen molar-refractivity contribution in [3.8, 4) is 6.07 Å². The Morgan fingerprint density at radius 3 is 2.88 bits per heavy atom. The van der Waals surface area contributed by atoms with Crippen molar-refractivity contribution in [1.82, 2.24) is 4.90 Å². The second-order valence-corrected chi connectivity index (χ2v) is 4.68. The van der Waals surface area contributed by atoms with Gasteiger partial charge >= 0.3 is 0 Å². The first kappa shape index (κ1) is 11.4. The topological polar surface area (TPSA) is 27.0 Å². The smallest absolute Gasteiger partial charge is 0.0635 e. The maximum atomic E-state index is 8.63. The van der Waals surface area contributed by atoms with Crippen molar-refractivity contribution in [3.05, 3.63) is 34.9 Å². The third kappa shape index (κ3) is 3.23. The van der Waals surface area contributed by atoms with E-state index in [1.807, 2.05) is 18.2 Å². The van der Waals surface area contributed by atoms with Crippen molar-refractivity contribution in [2.45, 2.75) is 31.8 Å². The van der Waals surface area contributed by atoms with E-state index >= 15 is 0 Å². The highest BCUT2D eigenvalue weighted by Gasteiger charge is 2.28. The fraction of sp³-hybridized carbons (Fsp3) is 0.462. The Hall–Kier alpha value is -1.04. The van der Waals surface area contributed by atoms with Crippen LogP contribution in [0.2, 0.25) is 5.02 Å². The molecule has 16 heavy (non-hydrogen) atoms. The molecule has 1 aliphatic carbocycles. The summed E-state index contributed by atoms with van der Waals surface area (Å²) in [5.41, 5.74) is 1.23. The molecule has 0 bridgehead atoms. The minimum Gasteiger partial charge on any atom is -0.295 e. The summed E-state index contributed by atoms with van der Waals surface area (Å²) in [6, 6.07) is 10.9. The van der Waals surface area contributed by atoms with Crippen molar-refractivity contribution in [1.29, 1.82) is 5.26 Å². The summed E-state index contributed by atoms with van der Waals surface area (Å²) < 4.78 is 0. The van der Waals surface area contributed by atoms with Crippen LogP contribution in [0.5, 0.6) is 0 Å². The molecule has 2 nitrogen and oxygen atoms in total. The van der Waals surface area contributed by atoms with E-state index in [2.05, 4.69) is 17.0 Å². The summed E-state index contributed by atoms with van der Waals surface area (Å²) in [6.07, 6.45) is 3.15. The molecule has 0 radical (unpaired) electrons. The zero-order valence-corrected chi connectivity index (χ0v) is 9.95. The molecule has 0 atom stereocenters. The summed E-state index contributed by atoms with van der Waals surface area (Å²) in [5.74, 6) is 0. The molecule has 0 spiro atoms. The Labute approximate surface area is 101 Å². The van der Waals surface area contributed by atoms with Gasteiger partial charge in [0.25, 0.3) is 0 Å². The summed E-state index contributed by atoms with van der Waals surface area (Å²) >= 11 is 5.96. The summed E-state index contributed by atoms with van der Waals surface area (Å²) in [6.45, 7) is 1.78. The minimum atomic E-state index is 0.608. The van der Waals surface area contributed by atoms with Crippen LogP contribution in [0.25, 0.3) is 0 Å². The van der Waals surface area contributed by atoms with E-state index in [0.29, 0.717) is 12.5 Å². The van der Waals surface area contributed by atoms with Gasteiger partial charge in [0.05, 0.1) is 6.07 Å². The number of nitrogens with zero attached hydrogens (tertiary/aromatic N) is 2. The average Bonchev–Trinajstić information content (AvgIpc) is 3.08. The molecule has 1 saturated carbocycles. The lowest BCUT2D eigenvalue weighted by molar-refractivity contribution is 0.261. The monoisotopic (exact) mass is 234 g/mol. The molecule has 0 aromatic heterocycles. The third-order valence-corrected chi connectivity index (χ3v) is 3.08. The first-order valence-corrected chi connectivity index (χ1v) is 6.03. The second kappa shape index (κ2) is 5.34. The first-order chi connectivity index (χ1) is 7.79. The molecule has 1 fully saturated rings. The molecule has 1 aromatic carbocycles. The highest BCUT2D eigenvalue weighted by atomic mass is 35.5. The standard InChI is InChI=1S/C13H15ClN2/c14-12-4-1-3-11(9-12)10-16(8-2-7-15)13-5-6-13/h1,3-4,9,13H,2,5-6,8,10H2. The maximum absolute atomic E-state index is 8.63. The molecular weight excluding hydrogens is 220 g/mol. The van der Waals surface area contributed by atoms with E-state index < -0.39 is 0 Å². The van der Waals surface area contributed by atoms with Gasteiger partial charge in [-0.05, 0) is 30.5 Å². The van der Waals surface area contributed by atoms with E-state index in [-0.39, 0.29) is 0 Å². The number of hydrogen-bond donors (Lipinski definition) is 0. The maximum Gasteiger partial charge on any atom is 0.0635 e. The predicted octanol–water partition coefficient (Wildman–Crippen LogP) is 3.22. The van der Waals surface area contributed by atoms with Crippen LogP contribution >= 0.6 is 11.6 Å². The van der Waals surface area contributed by atoms with Gasteiger partial charge in [-0.2, -0.15) is 5.26 Å². The van der Waals surface area contributed by atoms with Crippen LogP contribution in [-0.4, -0.2) is 17.5 Å². The van der Waals surface area contributed by atoms with Crippen LogP contribution in [0, 0.1) is 11.3 Å². The van der Waals surface area contributed by atoms with Crippen LogP contribution in [0.15, 0.2) is 24.3 Å². The molecule has 0 amide bonds. The number of rotatable bonds is 5. The highest BCUT2D eigenvalue weighted by molar-refractivity contribution is 6.30. The minimum absolute atomic E-state index is 0.608. The van der Waals surface area contributed by atoms with Crippen LogP contribution in [0.3, 0.4) is 0 Å². The van der Waals surface area contributed by atoms with Gasteiger partial charge in [-0.1, -0.05) is 23.7 Å². The fourth-order valence-electron chi connectivity index (χ4n) is 1.89. The summed E-state index contributed by atoms with van der Waals surface area (Å²) in [4.78, 5) is 2.38. The molecule has 0 saturated heterocycles. The number of nitriles is 1. The quantitative estimate of drug-likeness (QED) is 0.782. The SMILES string of the molecule is N#CCCN(Cc1cccc(Cl)c1)C1CC1. The van der Waals surface area contributed by atoms with Gasteiger partial charge in [0, 0.05) is 30.6 Å². The van der Waals surface area contributed by atoms with Crippen LogP contribution < -0.4 is 0 Å². The van der Waals surface area contributed by atoms with Crippen molar-refractivity contribution in [3.63, 3.8) is 0 Å². The fourth-order valence-corrected chi connectivity index (χ4v) is 2.11. The molecule has 0 unspecified atom stereocenters. The van der Waals surface area contributed by atoms with Crippen molar-refractivity contribution in [2.75, 3.05) is 6.54 Å². The number of benzene rings is 1.